The van der Waals surface area contributed by atoms with Gasteiger partial charge >= 0.3 is 0 Å². The first-order valence-electron chi connectivity index (χ1n) is 8.77. The Balaban J connectivity index is 1.49. The molecule has 3 aromatic rings. The van der Waals surface area contributed by atoms with Crippen LogP contribution in [0.15, 0.2) is 60.9 Å². The van der Waals surface area contributed by atoms with E-state index in [2.05, 4.69) is 15.6 Å². The van der Waals surface area contributed by atoms with Crippen LogP contribution >= 0.6 is 0 Å². The molecule has 2 N–H and O–H groups in total. The van der Waals surface area contributed by atoms with Crippen molar-refractivity contribution in [1.82, 2.24) is 10.3 Å². The van der Waals surface area contributed by atoms with Crippen LogP contribution in [0.2, 0.25) is 0 Å². The van der Waals surface area contributed by atoms with Gasteiger partial charge in [0.05, 0.1) is 12.2 Å². The zero-order chi connectivity index (χ0) is 21.5. The van der Waals surface area contributed by atoms with Crippen molar-refractivity contribution < 1.29 is 27.5 Å². The average molecular weight is 415 g/mol. The largest absolute Gasteiger partial charge is 0.489 e. The number of benzene rings is 2. The van der Waals surface area contributed by atoms with Gasteiger partial charge in [-0.1, -0.05) is 6.07 Å². The maximum absolute atomic E-state index is 13.6. The molecule has 0 spiro atoms. The van der Waals surface area contributed by atoms with E-state index >= 15 is 0 Å². The van der Waals surface area contributed by atoms with Gasteiger partial charge in [-0.15, -0.1) is 0 Å². The highest BCUT2D eigenvalue weighted by Crippen LogP contribution is 2.19. The van der Waals surface area contributed by atoms with E-state index in [1.165, 1.54) is 12.1 Å². The van der Waals surface area contributed by atoms with E-state index < -0.39 is 41.5 Å². The SMILES string of the molecule is O=C(CNC(=O)c1ccc(OCc2cccnc2)cc1)Nc1ccc(F)c(F)c1F. The molecule has 2 aromatic carbocycles. The number of aromatic nitrogens is 1. The predicted octanol–water partition coefficient (Wildman–Crippen LogP) is 3.45. The number of nitrogens with zero attached hydrogens (tertiary/aromatic N) is 1. The Labute approximate surface area is 169 Å². The quantitative estimate of drug-likeness (QED) is 0.580. The summed E-state index contributed by atoms with van der Waals surface area (Å²) < 4.78 is 45.2. The van der Waals surface area contributed by atoms with Gasteiger partial charge < -0.3 is 15.4 Å². The molecule has 0 bridgehead atoms. The number of nitrogens with one attached hydrogen (secondary N) is 2. The second-order valence-electron chi connectivity index (χ2n) is 6.13. The van der Waals surface area contributed by atoms with E-state index in [1.54, 1.807) is 30.6 Å². The third kappa shape index (κ3) is 5.34. The van der Waals surface area contributed by atoms with Crippen molar-refractivity contribution in [2.45, 2.75) is 6.61 Å². The van der Waals surface area contributed by atoms with Crippen molar-refractivity contribution in [1.29, 1.82) is 0 Å². The number of carbonyl (C=O) groups is 2. The lowest BCUT2D eigenvalue weighted by atomic mass is 10.2. The summed E-state index contributed by atoms with van der Waals surface area (Å²) >= 11 is 0. The summed E-state index contributed by atoms with van der Waals surface area (Å²) in [7, 11) is 0. The monoisotopic (exact) mass is 415 g/mol. The molecule has 3 rings (SSSR count). The van der Waals surface area contributed by atoms with E-state index in [4.69, 9.17) is 4.74 Å². The highest BCUT2D eigenvalue weighted by atomic mass is 19.2. The Kier molecular flexibility index (Phi) is 6.63. The van der Waals surface area contributed by atoms with Crippen LogP contribution in [0.4, 0.5) is 18.9 Å². The summed E-state index contributed by atoms with van der Waals surface area (Å²) in [5.41, 5.74) is 0.640. The van der Waals surface area contributed by atoms with Crippen molar-refractivity contribution >= 4 is 17.5 Å². The average Bonchev–Trinajstić information content (AvgIpc) is 2.77. The van der Waals surface area contributed by atoms with Crippen molar-refractivity contribution in [3.05, 3.63) is 89.5 Å². The zero-order valence-electron chi connectivity index (χ0n) is 15.5. The maximum atomic E-state index is 13.6. The molecule has 0 radical (unpaired) electrons. The minimum absolute atomic E-state index is 0.274. The molecule has 0 aliphatic carbocycles. The first-order valence-corrected chi connectivity index (χ1v) is 8.77. The van der Waals surface area contributed by atoms with Crippen molar-refractivity contribution in [2.75, 3.05) is 11.9 Å². The lowest BCUT2D eigenvalue weighted by Gasteiger charge is -2.09. The number of anilines is 1. The van der Waals surface area contributed by atoms with Crippen molar-refractivity contribution in [3.8, 4) is 5.75 Å². The molecule has 30 heavy (non-hydrogen) atoms. The van der Waals surface area contributed by atoms with Gasteiger partial charge in [-0.25, -0.2) is 13.2 Å². The van der Waals surface area contributed by atoms with E-state index in [0.717, 1.165) is 11.6 Å². The summed E-state index contributed by atoms with van der Waals surface area (Å²) in [5.74, 6) is -5.38. The van der Waals surface area contributed by atoms with Crippen LogP contribution in [0, 0.1) is 17.5 Å². The van der Waals surface area contributed by atoms with Crippen LogP contribution in [-0.2, 0) is 11.4 Å². The lowest BCUT2D eigenvalue weighted by molar-refractivity contribution is -0.115. The molecule has 1 heterocycles. The number of rotatable bonds is 7. The summed E-state index contributed by atoms with van der Waals surface area (Å²) in [6.45, 7) is -0.170. The minimum Gasteiger partial charge on any atom is -0.489 e. The molecule has 1 aromatic heterocycles. The maximum Gasteiger partial charge on any atom is 0.251 e. The minimum atomic E-state index is -1.69. The molecule has 0 saturated carbocycles. The van der Waals surface area contributed by atoms with Crippen LogP contribution in [0.5, 0.6) is 5.75 Å². The topological polar surface area (TPSA) is 80.3 Å². The molecule has 6 nitrogen and oxygen atoms in total. The molecule has 0 unspecified atom stereocenters. The van der Waals surface area contributed by atoms with Gasteiger partial charge in [0.1, 0.15) is 12.4 Å². The second kappa shape index (κ2) is 9.55. The summed E-state index contributed by atoms with van der Waals surface area (Å²) in [4.78, 5) is 28.0. The standard InChI is InChI=1S/C21H16F3N3O3/c22-16-7-8-17(20(24)19(16)23)27-18(28)11-26-21(29)14-3-5-15(6-4-14)30-12-13-2-1-9-25-10-13/h1-10H,11-12H2,(H,26,29)(H,27,28). The number of amides is 2. The van der Waals surface area contributed by atoms with Gasteiger partial charge in [-0.3, -0.25) is 14.6 Å². The number of halogens is 3. The Hall–Kier alpha value is -3.88. The number of pyridine rings is 1. The van der Waals surface area contributed by atoms with Gasteiger partial charge in [-0.05, 0) is 42.5 Å². The third-order valence-electron chi connectivity index (χ3n) is 3.96. The molecule has 0 saturated heterocycles. The number of hydrogen-bond acceptors (Lipinski definition) is 4. The van der Waals surface area contributed by atoms with Crippen LogP contribution in [0.25, 0.3) is 0 Å². The Morgan fingerprint density at radius 2 is 1.73 bits per heavy atom. The van der Waals surface area contributed by atoms with Crippen LogP contribution < -0.4 is 15.4 Å². The first kappa shape index (κ1) is 20.8. The normalized spacial score (nSPS) is 10.4. The molecule has 154 valence electrons. The Morgan fingerprint density at radius 3 is 2.43 bits per heavy atom. The fourth-order valence-electron chi connectivity index (χ4n) is 2.43. The lowest BCUT2D eigenvalue weighted by Crippen LogP contribution is -2.33. The second-order valence-corrected chi connectivity index (χ2v) is 6.13. The van der Waals surface area contributed by atoms with E-state index in [1.807, 2.05) is 6.07 Å². The molecule has 0 fully saturated rings. The van der Waals surface area contributed by atoms with Gasteiger partial charge in [-0.2, -0.15) is 0 Å². The van der Waals surface area contributed by atoms with E-state index in [9.17, 15) is 22.8 Å². The summed E-state index contributed by atoms with van der Waals surface area (Å²) in [6, 6.07) is 11.5. The van der Waals surface area contributed by atoms with Gasteiger partial charge in [0.2, 0.25) is 5.91 Å². The summed E-state index contributed by atoms with van der Waals surface area (Å²) in [5, 5.41) is 4.42. The smallest absolute Gasteiger partial charge is 0.251 e. The van der Waals surface area contributed by atoms with Crippen LogP contribution in [0.1, 0.15) is 15.9 Å². The first-order chi connectivity index (χ1) is 14.4. The molecule has 0 atom stereocenters. The number of hydrogen-bond donors (Lipinski definition) is 2. The van der Waals surface area contributed by atoms with Crippen LogP contribution in [-0.4, -0.2) is 23.3 Å². The van der Waals surface area contributed by atoms with Gasteiger partial charge in [0.25, 0.3) is 5.91 Å². The molecule has 2 amide bonds. The molecular formula is C21H16F3N3O3. The van der Waals surface area contributed by atoms with Crippen LogP contribution in [0.3, 0.4) is 0 Å². The molecule has 0 aliphatic rings. The predicted molar refractivity (Wildman–Crippen MR) is 102 cm³/mol. The fraction of sp³-hybridized carbons (Fsp3) is 0.0952. The van der Waals surface area contributed by atoms with E-state index in [0.29, 0.717) is 18.4 Å². The number of ether oxygens (including phenoxy) is 1. The third-order valence-corrected chi connectivity index (χ3v) is 3.96. The molecule has 9 heteroatoms. The molecular weight excluding hydrogens is 399 g/mol. The van der Waals surface area contributed by atoms with Crippen molar-refractivity contribution in [2.24, 2.45) is 0 Å². The molecule has 0 aliphatic heterocycles. The Morgan fingerprint density at radius 1 is 0.967 bits per heavy atom. The highest BCUT2D eigenvalue weighted by Gasteiger charge is 2.16. The van der Waals surface area contributed by atoms with Gasteiger partial charge in [0, 0.05) is 23.5 Å². The van der Waals surface area contributed by atoms with Gasteiger partial charge in [0.15, 0.2) is 17.5 Å². The Bertz CT molecular complexity index is 1040. The number of carbonyl (C=O) groups excluding carboxylic acids is 2. The zero-order valence-corrected chi connectivity index (χ0v) is 15.5. The van der Waals surface area contributed by atoms with E-state index in [-0.39, 0.29) is 5.56 Å². The highest BCUT2D eigenvalue weighted by molar-refractivity contribution is 5.99. The fourth-order valence-corrected chi connectivity index (χ4v) is 2.43. The van der Waals surface area contributed by atoms with Crippen molar-refractivity contribution in [3.63, 3.8) is 0 Å². The summed E-state index contributed by atoms with van der Waals surface area (Å²) in [6.07, 6.45) is 3.34.